The Morgan fingerprint density at radius 3 is 2.74 bits per heavy atom. The number of aromatic amines is 1. The van der Waals surface area contributed by atoms with Crippen LogP contribution in [-0.4, -0.2) is 59.4 Å². The molecule has 3 heterocycles. The lowest BCUT2D eigenvalue weighted by atomic mass is 10.1. The van der Waals surface area contributed by atoms with E-state index in [1.807, 2.05) is 18.2 Å². The molecular weight excluding hydrogens is 411 g/mol. The highest BCUT2D eigenvalue weighted by Crippen LogP contribution is 2.47. The van der Waals surface area contributed by atoms with E-state index in [-0.39, 0.29) is 0 Å². The van der Waals surface area contributed by atoms with Crippen LogP contribution >= 0.6 is 7.14 Å². The van der Waals surface area contributed by atoms with E-state index in [4.69, 9.17) is 9.72 Å². The summed E-state index contributed by atoms with van der Waals surface area (Å²) in [7, 11) is 1.26. The third-order valence-corrected chi connectivity index (χ3v) is 9.30. The first-order valence-corrected chi connectivity index (χ1v) is 12.6. The van der Waals surface area contributed by atoms with Crippen molar-refractivity contribution in [2.24, 2.45) is 0 Å². The minimum Gasteiger partial charge on any atom is -0.495 e. The first-order valence-electron chi connectivity index (χ1n) is 10.5. The van der Waals surface area contributed by atoms with E-state index in [1.54, 1.807) is 13.3 Å². The average Bonchev–Trinajstić information content (AvgIpc) is 3.55. The van der Waals surface area contributed by atoms with E-state index < -0.39 is 7.14 Å². The molecule has 8 nitrogen and oxygen atoms in total. The van der Waals surface area contributed by atoms with Gasteiger partial charge in [-0.2, -0.15) is 10.2 Å². The molecule has 1 aromatic carbocycles. The molecule has 2 aliphatic rings. The quantitative estimate of drug-likeness (QED) is 0.591. The van der Waals surface area contributed by atoms with Crippen LogP contribution < -0.4 is 15.4 Å². The third-order valence-electron chi connectivity index (χ3n) is 6.23. The number of aromatic nitrogens is 3. The summed E-state index contributed by atoms with van der Waals surface area (Å²) in [4.78, 5) is 14.6. The number of hydrogen-bond acceptors (Lipinski definition) is 7. The Kier molecular flexibility index (Phi) is 4.96. The smallest absolute Gasteiger partial charge is 0.229 e. The molecule has 0 amide bonds. The standard InChI is InChI=1S/C22H25N6O2P/c1-28-7-9-31(29,10-8-28)16-5-6-17(18(11-16)30-2)25-22-26-20(14-3-4-14)19-15(12-23)13-24-21(19)27-22/h5-6,11,13-14H,3-4,7-10H2,1-2H3,(H2,24,25,26,27). The maximum atomic E-state index is 13.5. The van der Waals surface area contributed by atoms with E-state index in [2.05, 4.69) is 33.3 Å². The summed E-state index contributed by atoms with van der Waals surface area (Å²) in [5, 5.41) is 14.4. The molecule has 31 heavy (non-hydrogen) atoms. The van der Waals surface area contributed by atoms with Gasteiger partial charge >= 0.3 is 0 Å². The fourth-order valence-electron chi connectivity index (χ4n) is 4.16. The fourth-order valence-corrected chi connectivity index (χ4v) is 6.93. The van der Waals surface area contributed by atoms with Crippen molar-refractivity contribution >= 4 is 35.1 Å². The van der Waals surface area contributed by atoms with Gasteiger partial charge in [0.15, 0.2) is 0 Å². The lowest BCUT2D eigenvalue weighted by Gasteiger charge is -2.30. The summed E-state index contributed by atoms with van der Waals surface area (Å²) < 4.78 is 19.1. The number of methoxy groups -OCH3 is 1. The Hall–Kier alpha value is -2.88. The number of anilines is 2. The van der Waals surface area contributed by atoms with Gasteiger partial charge in [-0.1, -0.05) is 0 Å². The molecule has 0 unspecified atom stereocenters. The Morgan fingerprint density at radius 2 is 2.06 bits per heavy atom. The van der Waals surface area contributed by atoms with Gasteiger partial charge in [0, 0.05) is 42.8 Å². The second-order valence-electron chi connectivity index (χ2n) is 8.39. The minimum absolute atomic E-state index is 0.368. The van der Waals surface area contributed by atoms with E-state index in [9.17, 15) is 9.83 Å². The zero-order valence-electron chi connectivity index (χ0n) is 17.7. The van der Waals surface area contributed by atoms with Crippen LogP contribution in [0.4, 0.5) is 11.6 Å². The van der Waals surface area contributed by atoms with Crippen LogP contribution in [0.25, 0.3) is 11.0 Å². The van der Waals surface area contributed by atoms with Crippen molar-refractivity contribution in [3.05, 3.63) is 35.7 Å². The molecule has 0 spiro atoms. The molecule has 0 radical (unpaired) electrons. The number of fused-ring (bicyclic) bond motifs is 1. The predicted octanol–water partition coefficient (Wildman–Crippen LogP) is 3.39. The highest BCUT2D eigenvalue weighted by Gasteiger charge is 2.31. The molecule has 1 saturated carbocycles. The number of benzene rings is 1. The summed E-state index contributed by atoms with van der Waals surface area (Å²) in [6.07, 6.45) is 5.22. The van der Waals surface area contributed by atoms with Crippen molar-refractivity contribution in [3.8, 4) is 11.8 Å². The van der Waals surface area contributed by atoms with Crippen LogP contribution in [-0.2, 0) is 4.57 Å². The lowest BCUT2D eigenvalue weighted by molar-refractivity contribution is 0.361. The number of hydrogen-bond donors (Lipinski definition) is 2. The topological polar surface area (TPSA) is 107 Å². The third kappa shape index (κ3) is 3.69. The van der Waals surface area contributed by atoms with Crippen LogP contribution in [0.15, 0.2) is 24.4 Å². The van der Waals surface area contributed by atoms with Gasteiger partial charge in [-0.05, 0) is 38.1 Å². The molecule has 160 valence electrons. The van der Waals surface area contributed by atoms with Gasteiger partial charge in [-0.15, -0.1) is 0 Å². The van der Waals surface area contributed by atoms with Gasteiger partial charge in [-0.25, -0.2) is 4.98 Å². The van der Waals surface area contributed by atoms with Gasteiger partial charge in [0.25, 0.3) is 0 Å². The molecule has 2 fully saturated rings. The minimum atomic E-state index is -2.41. The first-order chi connectivity index (χ1) is 15.0. The van der Waals surface area contributed by atoms with Crippen molar-refractivity contribution in [2.75, 3.05) is 44.9 Å². The van der Waals surface area contributed by atoms with Crippen molar-refractivity contribution in [1.82, 2.24) is 19.9 Å². The number of nitrogens with one attached hydrogen (secondary N) is 2. The van der Waals surface area contributed by atoms with E-state index in [0.29, 0.717) is 41.2 Å². The summed E-state index contributed by atoms with van der Waals surface area (Å²) in [6, 6.07) is 7.93. The lowest BCUT2D eigenvalue weighted by Crippen LogP contribution is -2.34. The van der Waals surface area contributed by atoms with Crippen LogP contribution in [0.3, 0.4) is 0 Å². The molecular formula is C22H25N6O2P. The summed E-state index contributed by atoms with van der Waals surface area (Å²) in [5.74, 6) is 1.44. The Bertz CT molecular complexity index is 1230. The highest BCUT2D eigenvalue weighted by atomic mass is 31.2. The van der Waals surface area contributed by atoms with Crippen molar-refractivity contribution in [1.29, 1.82) is 5.26 Å². The molecule has 1 aliphatic carbocycles. The van der Waals surface area contributed by atoms with Gasteiger partial charge in [0.1, 0.15) is 24.6 Å². The molecule has 1 aliphatic heterocycles. The van der Waals surface area contributed by atoms with Crippen LogP contribution in [0.2, 0.25) is 0 Å². The highest BCUT2D eigenvalue weighted by molar-refractivity contribution is 7.71. The van der Waals surface area contributed by atoms with Crippen molar-refractivity contribution in [2.45, 2.75) is 18.8 Å². The Labute approximate surface area is 181 Å². The largest absolute Gasteiger partial charge is 0.495 e. The summed E-state index contributed by atoms with van der Waals surface area (Å²) in [5.41, 5.74) is 2.87. The molecule has 2 aromatic heterocycles. The molecule has 1 saturated heterocycles. The zero-order valence-corrected chi connectivity index (χ0v) is 18.6. The molecule has 9 heteroatoms. The number of nitrogens with zero attached hydrogens (tertiary/aromatic N) is 4. The molecule has 2 N–H and O–H groups in total. The maximum absolute atomic E-state index is 13.5. The van der Waals surface area contributed by atoms with Gasteiger partial charge in [0.05, 0.1) is 29.4 Å². The van der Waals surface area contributed by atoms with Crippen molar-refractivity contribution < 1.29 is 9.30 Å². The van der Waals surface area contributed by atoms with Crippen molar-refractivity contribution in [3.63, 3.8) is 0 Å². The molecule has 0 atom stereocenters. The number of nitriles is 1. The SMILES string of the molecule is COc1cc(P2(=O)CCN(C)CC2)ccc1Nc1nc(C2CC2)c2c(C#N)c[nH]c2n1. The van der Waals surface area contributed by atoms with E-state index in [1.165, 1.54) is 0 Å². The molecule has 3 aromatic rings. The molecule has 0 bridgehead atoms. The number of rotatable bonds is 5. The maximum Gasteiger partial charge on any atom is 0.229 e. The van der Waals surface area contributed by atoms with E-state index in [0.717, 1.165) is 48.0 Å². The number of ether oxygens (including phenoxy) is 1. The average molecular weight is 436 g/mol. The summed E-state index contributed by atoms with van der Waals surface area (Å²) >= 11 is 0. The monoisotopic (exact) mass is 436 g/mol. The van der Waals surface area contributed by atoms with Gasteiger partial charge < -0.3 is 24.5 Å². The first kappa shape index (κ1) is 20.0. The number of H-pyrrole nitrogens is 1. The predicted molar refractivity (Wildman–Crippen MR) is 121 cm³/mol. The second-order valence-corrected chi connectivity index (χ2v) is 11.6. The van der Waals surface area contributed by atoms with Crippen LogP contribution in [0.5, 0.6) is 5.75 Å². The van der Waals surface area contributed by atoms with Crippen LogP contribution in [0, 0.1) is 11.3 Å². The molecule has 5 rings (SSSR count). The van der Waals surface area contributed by atoms with Crippen LogP contribution in [0.1, 0.15) is 30.0 Å². The second kappa shape index (κ2) is 7.67. The zero-order chi connectivity index (χ0) is 21.6. The summed E-state index contributed by atoms with van der Waals surface area (Å²) in [6.45, 7) is 1.69. The van der Waals surface area contributed by atoms with Gasteiger partial charge in [0.2, 0.25) is 5.95 Å². The van der Waals surface area contributed by atoms with Gasteiger partial charge in [-0.3, -0.25) is 0 Å². The normalized spacial score (nSPS) is 18.6. The Morgan fingerprint density at radius 1 is 1.29 bits per heavy atom. The fraction of sp³-hybridized carbons (Fsp3) is 0.409. The Balaban J connectivity index is 1.48. The van der Waals surface area contributed by atoms with E-state index >= 15 is 0 Å².